The zero-order valence-electron chi connectivity index (χ0n) is 8.40. The van der Waals surface area contributed by atoms with Gasteiger partial charge in [0.1, 0.15) is 5.82 Å². The lowest BCUT2D eigenvalue weighted by Gasteiger charge is -2.08. The van der Waals surface area contributed by atoms with Crippen molar-refractivity contribution in [2.75, 3.05) is 12.8 Å². The van der Waals surface area contributed by atoms with Gasteiger partial charge in [-0.1, -0.05) is 11.8 Å². The maximum Gasteiger partial charge on any atom is 0.253 e. The Morgan fingerprint density at radius 1 is 1.73 bits per heavy atom. The van der Waals surface area contributed by atoms with E-state index in [0.29, 0.717) is 5.16 Å². The fraction of sp³-hybridized carbons (Fsp3) is 0.375. The van der Waals surface area contributed by atoms with Gasteiger partial charge in [0, 0.05) is 13.1 Å². The number of anilines is 1. The van der Waals surface area contributed by atoms with Gasteiger partial charge in [-0.15, -0.1) is 0 Å². The number of rotatable bonds is 3. The standard InChI is InChI=1S/C8H12N4O2S/c1-4(7(14)10-2)15-8-11-5(9)3-6(13)12-8/h3-4H,1-2H3,(H,10,14)(H3,9,11,12,13). The Balaban J connectivity index is 2.81. The van der Waals surface area contributed by atoms with Gasteiger partial charge in [0.15, 0.2) is 5.16 Å². The Hall–Kier alpha value is -1.50. The van der Waals surface area contributed by atoms with Crippen LogP contribution in [0.3, 0.4) is 0 Å². The lowest BCUT2D eigenvalue weighted by Crippen LogP contribution is -2.27. The highest BCUT2D eigenvalue weighted by Crippen LogP contribution is 2.18. The highest BCUT2D eigenvalue weighted by atomic mass is 32.2. The van der Waals surface area contributed by atoms with Gasteiger partial charge in [-0.3, -0.25) is 9.59 Å². The van der Waals surface area contributed by atoms with E-state index in [1.807, 2.05) is 0 Å². The number of nitrogens with one attached hydrogen (secondary N) is 2. The topological polar surface area (TPSA) is 101 Å². The second-order valence-electron chi connectivity index (χ2n) is 2.85. The highest BCUT2D eigenvalue weighted by molar-refractivity contribution is 8.00. The average molecular weight is 228 g/mol. The molecule has 15 heavy (non-hydrogen) atoms. The highest BCUT2D eigenvalue weighted by Gasteiger charge is 2.14. The third kappa shape index (κ3) is 3.28. The molecule has 1 amide bonds. The summed E-state index contributed by atoms with van der Waals surface area (Å²) >= 11 is 1.15. The Labute approximate surface area is 90.7 Å². The molecule has 0 fully saturated rings. The lowest BCUT2D eigenvalue weighted by atomic mass is 10.4. The van der Waals surface area contributed by atoms with E-state index in [1.165, 1.54) is 6.07 Å². The van der Waals surface area contributed by atoms with Gasteiger partial charge in [-0.05, 0) is 6.92 Å². The van der Waals surface area contributed by atoms with Crippen LogP contribution < -0.4 is 16.6 Å². The number of nitrogens with zero attached hydrogens (tertiary/aromatic N) is 1. The molecule has 1 aromatic rings. The molecule has 0 spiro atoms. The van der Waals surface area contributed by atoms with E-state index in [2.05, 4.69) is 15.3 Å². The summed E-state index contributed by atoms with van der Waals surface area (Å²) < 4.78 is 0. The molecule has 1 heterocycles. The average Bonchev–Trinajstić information content (AvgIpc) is 2.14. The summed E-state index contributed by atoms with van der Waals surface area (Å²) in [4.78, 5) is 28.6. The Morgan fingerprint density at radius 2 is 2.40 bits per heavy atom. The van der Waals surface area contributed by atoms with Gasteiger partial charge in [-0.25, -0.2) is 4.98 Å². The van der Waals surface area contributed by atoms with Crippen molar-refractivity contribution < 1.29 is 4.79 Å². The van der Waals surface area contributed by atoms with Crippen molar-refractivity contribution >= 4 is 23.5 Å². The zero-order chi connectivity index (χ0) is 11.4. The first-order valence-electron chi connectivity index (χ1n) is 4.28. The molecule has 0 aliphatic heterocycles. The van der Waals surface area contributed by atoms with Crippen molar-refractivity contribution in [2.45, 2.75) is 17.3 Å². The molecule has 0 saturated carbocycles. The third-order valence-electron chi connectivity index (χ3n) is 1.64. The van der Waals surface area contributed by atoms with Crippen LogP contribution in [0.1, 0.15) is 6.92 Å². The molecular weight excluding hydrogens is 216 g/mol. The van der Waals surface area contributed by atoms with Gasteiger partial charge in [0.05, 0.1) is 5.25 Å². The third-order valence-corrected chi connectivity index (χ3v) is 2.63. The monoisotopic (exact) mass is 228 g/mol. The molecule has 4 N–H and O–H groups in total. The zero-order valence-corrected chi connectivity index (χ0v) is 9.22. The molecule has 7 heteroatoms. The summed E-state index contributed by atoms with van der Waals surface area (Å²) in [5.74, 6) is 0.00966. The molecule has 0 aliphatic carbocycles. The molecule has 6 nitrogen and oxygen atoms in total. The second-order valence-corrected chi connectivity index (χ2v) is 4.18. The van der Waals surface area contributed by atoms with Crippen molar-refractivity contribution in [3.8, 4) is 0 Å². The van der Waals surface area contributed by atoms with Crippen molar-refractivity contribution in [2.24, 2.45) is 0 Å². The van der Waals surface area contributed by atoms with Gasteiger partial charge < -0.3 is 16.0 Å². The van der Waals surface area contributed by atoms with Crippen LogP contribution in [0.4, 0.5) is 5.82 Å². The fourth-order valence-electron chi connectivity index (χ4n) is 0.933. The normalized spacial score (nSPS) is 12.1. The van der Waals surface area contributed by atoms with E-state index in [9.17, 15) is 9.59 Å². The molecule has 0 aromatic carbocycles. The maximum atomic E-state index is 11.2. The molecule has 0 radical (unpaired) electrons. The predicted octanol–water partition coefficient (Wildman–Crippen LogP) is -0.421. The van der Waals surface area contributed by atoms with Crippen LogP contribution in [-0.2, 0) is 4.79 Å². The first kappa shape index (κ1) is 11.6. The summed E-state index contributed by atoms with van der Waals surface area (Å²) in [7, 11) is 1.55. The first-order chi connectivity index (χ1) is 7.02. The van der Waals surface area contributed by atoms with E-state index in [0.717, 1.165) is 11.8 Å². The minimum Gasteiger partial charge on any atom is -0.383 e. The lowest BCUT2D eigenvalue weighted by molar-refractivity contribution is -0.119. The molecule has 0 saturated heterocycles. The summed E-state index contributed by atoms with van der Waals surface area (Å²) in [5.41, 5.74) is 5.07. The van der Waals surface area contributed by atoms with E-state index >= 15 is 0 Å². The number of carbonyl (C=O) groups excluding carboxylic acids is 1. The minimum atomic E-state index is -0.333. The number of carbonyl (C=O) groups is 1. The number of hydrogen-bond acceptors (Lipinski definition) is 5. The van der Waals surface area contributed by atoms with Crippen LogP contribution in [0.15, 0.2) is 16.0 Å². The van der Waals surface area contributed by atoms with Crippen molar-refractivity contribution in [3.63, 3.8) is 0 Å². The van der Waals surface area contributed by atoms with Crippen molar-refractivity contribution in [1.82, 2.24) is 15.3 Å². The van der Waals surface area contributed by atoms with Crippen LogP contribution in [-0.4, -0.2) is 28.2 Å². The smallest absolute Gasteiger partial charge is 0.253 e. The van der Waals surface area contributed by atoms with Crippen LogP contribution >= 0.6 is 11.8 Å². The Bertz CT molecular complexity index is 417. The Morgan fingerprint density at radius 3 is 2.93 bits per heavy atom. The van der Waals surface area contributed by atoms with E-state index in [-0.39, 0.29) is 22.5 Å². The van der Waals surface area contributed by atoms with Gasteiger partial charge in [0.25, 0.3) is 5.56 Å². The van der Waals surface area contributed by atoms with Gasteiger partial charge in [0.2, 0.25) is 5.91 Å². The predicted molar refractivity (Wildman–Crippen MR) is 58.7 cm³/mol. The van der Waals surface area contributed by atoms with E-state index in [4.69, 9.17) is 5.73 Å². The quantitative estimate of drug-likeness (QED) is 0.482. The molecule has 0 aliphatic rings. The van der Waals surface area contributed by atoms with Gasteiger partial charge >= 0.3 is 0 Å². The summed E-state index contributed by atoms with van der Waals surface area (Å²) in [6.45, 7) is 1.71. The summed E-state index contributed by atoms with van der Waals surface area (Å²) in [6.07, 6.45) is 0. The van der Waals surface area contributed by atoms with E-state index in [1.54, 1.807) is 14.0 Å². The van der Waals surface area contributed by atoms with E-state index < -0.39 is 0 Å². The molecule has 0 bridgehead atoms. The number of aromatic amines is 1. The molecular formula is C8H12N4O2S. The molecule has 1 unspecified atom stereocenters. The minimum absolute atomic E-state index is 0.134. The van der Waals surface area contributed by atoms with Crippen LogP contribution in [0.25, 0.3) is 0 Å². The molecule has 1 aromatic heterocycles. The molecule has 82 valence electrons. The van der Waals surface area contributed by atoms with Crippen molar-refractivity contribution in [1.29, 1.82) is 0 Å². The maximum absolute atomic E-state index is 11.2. The number of hydrogen-bond donors (Lipinski definition) is 3. The second kappa shape index (κ2) is 4.83. The van der Waals surface area contributed by atoms with Crippen LogP contribution in [0.2, 0.25) is 0 Å². The molecule has 1 rings (SSSR count). The Kier molecular flexibility index (Phi) is 3.73. The molecule has 1 atom stereocenters. The number of thioether (sulfide) groups is 1. The van der Waals surface area contributed by atoms with Crippen LogP contribution in [0.5, 0.6) is 0 Å². The van der Waals surface area contributed by atoms with Crippen molar-refractivity contribution in [3.05, 3.63) is 16.4 Å². The van der Waals surface area contributed by atoms with Crippen LogP contribution in [0, 0.1) is 0 Å². The van der Waals surface area contributed by atoms with Gasteiger partial charge in [-0.2, -0.15) is 0 Å². The number of amides is 1. The number of H-pyrrole nitrogens is 1. The number of nitrogen functional groups attached to an aromatic ring is 1. The number of aromatic nitrogens is 2. The largest absolute Gasteiger partial charge is 0.383 e. The summed E-state index contributed by atoms with van der Waals surface area (Å²) in [6, 6.07) is 1.19. The fourth-order valence-corrected chi connectivity index (χ4v) is 1.81. The number of nitrogens with two attached hydrogens (primary N) is 1. The summed E-state index contributed by atoms with van der Waals surface area (Å²) in [5, 5.41) is 2.51. The SMILES string of the molecule is CNC(=O)C(C)Sc1nc(N)cc(=O)[nH]1. The first-order valence-corrected chi connectivity index (χ1v) is 5.16.